The van der Waals surface area contributed by atoms with E-state index < -0.39 is 21.3 Å². The molecule has 0 radical (unpaired) electrons. The Kier molecular flexibility index (Phi) is 8.81. The fourth-order valence-corrected chi connectivity index (χ4v) is 7.25. The smallest absolute Gasteiger partial charge is 0.251 e. The van der Waals surface area contributed by atoms with Crippen molar-refractivity contribution in [3.05, 3.63) is 70.7 Å². The number of hydrogen-bond acceptors (Lipinski definition) is 8. The molecule has 11 heteroatoms. The summed E-state index contributed by atoms with van der Waals surface area (Å²) in [6.07, 6.45) is 11.7. The first-order valence-electron chi connectivity index (χ1n) is 17.2. The highest BCUT2D eigenvalue weighted by Crippen LogP contribution is 2.53. The van der Waals surface area contributed by atoms with Gasteiger partial charge >= 0.3 is 0 Å². The van der Waals surface area contributed by atoms with Gasteiger partial charge in [-0.2, -0.15) is 10.1 Å². The lowest BCUT2D eigenvalue weighted by molar-refractivity contribution is -0.0366. The molecule has 2 fully saturated rings. The van der Waals surface area contributed by atoms with Crippen LogP contribution in [0.3, 0.4) is 0 Å². The van der Waals surface area contributed by atoms with Crippen LogP contribution in [0.25, 0.3) is 32.9 Å². The summed E-state index contributed by atoms with van der Waals surface area (Å²) in [7, 11) is -3.87. The predicted octanol–water partition coefficient (Wildman–Crippen LogP) is 8.20. The number of terminal acetylenes is 1. The van der Waals surface area contributed by atoms with Crippen LogP contribution in [0.2, 0.25) is 0 Å². The number of sulfone groups is 1. The SMILES string of the molecule is C#Cc1ccc(COc2c(-c3c(C)c(F)cc4c3cnn4C3CCCCO3)c(C3CC3)cc3c(OC(C)(C)C)nc(S(=O)(=O)CC)nc23)cc1. The molecule has 1 aliphatic heterocycles. The molecular formula is C39H41FN4O5S. The molecule has 0 bridgehead atoms. The number of fused-ring (bicyclic) bond motifs is 2. The molecule has 1 saturated heterocycles. The van der Waals surface area contributed by atoms with Gasteiger partial charge in [0.1, 0.15) is 23.5 Å². The number of hydrogen-bond donors (Lipinski definition) is 0. The minimum atomic E-state index is -3.87. The molecule has 0 spiro atoms. The number of rotatable bonds is 9. The summed E-state index contributed by atoms with van der Waals surface area (Å²) < 4.78 is 63.9. The third kappa shape index (κ3) is 6.42. The van der Waals surface area contributed by atoms with Crippen LogP contribution in [0.5, 0.6) is 11.6 Å². The van der Waals surface area contributed by atoms with E-state index in [-0.39, 0.29) is 41.1 Å². The van der Waals surface area contributed by atoms with E-state index in [2.05, 4.69) is 10.9 Å². The van der Waals surface area contributed by atoms with E-state index >= 15 is 4.39 Å². The zero-order chi connectivity index (χ0) is 35.4. The summed E-state index contributed by atoms with van der Waals surface area (Å²) in [6, 6.07) is 10.9. The van der Waals surface area contributed by atoms with Crippen LogP contribution in [0, 0.1) is 25.1 Å². The van der Waals surface area contributed by atoms with Crippen LogP contribution in [0.15, 0.2) is 47.8 Å². The van der Waals surface area contributed by atoms with Gasteiger partial charge < -0.3 is 14.2 Å². The molecule has 260 valence electrons. The lowest BCUT2D eigenvalue weighted by Crippen LogP contribution is -2.24. The molecule has 1 atom stereocenters. The van der Waals surface area contributed by atoms with Gasteiger partial charge in [-0.15, -0.1) is 6.42 Å². The van der Waals surface area contributed by atoms with Gasteiger partial charge in [-0.25, -0.2) is 22.5 Å². The van der Waals surface area contributed by atoms with Crippen LogP contribution in [0.4, 0.5) is 4.39 Å². The monoisotopic (exact) mass is 696 g/mol. The molecular weight excluding hydrogens is 656 g/mol. The molecule has 0 amide bonds. The van der Waals surface area contributed by atoms with Gasteiger partial charge in [-0.05, 0) is 101 Å². The fraction of sp³-hybridized carbons (Fsp3) is 0.410. The summed E-state index contributed by atoms with van der Waals surface area (Å²) in [5.74, 6) is 2.67. The average Bonchev–Trinajstić information content (AvgIpc) is 3.87. The zero-order valence-electron chi connectivity index (χ0n) is 29.0. The van der Waals surface area contributed by atoms with Crippen molar-refractivity contribution in [3.63, 3.8) is 0 Å². The van der Waals surface area contributed by atoms with E-state index in [1.165, 1.54) is 6.07 Å². The van der Waals surface area contributed by atoms with Crippen molar-refractivity contribution >= 4 is 31.6 Å². The highest BCUT2D eigenvalue weighted by Gasteiger charge is 2.35. The molecule has 1 aliphatic carbocycles. The van der Waals surface area contributed by atoms with Crippen LogP contribution in [-0.4, -0.2) is 46.1 Å². The molecule has 2 aromatic heterocycles. The van der Waals surface area contributed by atoms with Crippen LogP contribution >= 0.6 is 0 Å². The first kappa shape index (κ1) is 33.9. The van der Waals surface area contributed by atoms with Crippen molar-refractivity contribution < 1.29 is 27.0 Å². The molecule has 2 aliphatic rings. The normalized spacial score (nSPS) is 16.9. The van der Waals surface area contributed by atoms with E-state index in [9.17, 15) is 8.42 Å². The topological polar surface area (TPSA) is 105 Å². The summed E-state index contributed by atoms with van der Waals surface area (Å²) in [5, 5.41) is 5.64. The Hall–Kier alpha value is -4.53. The molecule has 0 N–H and O–H groups in total. The Morgan fingerprint density at radius 3 is 2.46 bits per heavy atom. The molecule has 3 heterocycles. The van der Waals surface area contributed by atoms with Crippen molar-refractivity contribution in [3.8, 4) is 35.1 Å². The Morgan fingerprint density at radius 2 is 1.82 bits per heavy atom. The summed E-state index contributed by atoms with van der Waals surface area (Å²) in [6.45, 7) is 9.67. The van der Waals surface area contributed by atoms with Gasteiger partial charge in [0.25, 0.3) is 5.16 Å². The molecule has 9 nitrogen and oxygen atoms in total. The largest absolute Gasteiger partial charge is 0.486 e. The van der Waals surface area contributed by atoms with Gasteiger partial charge in [0.2, 0.25) is 15.7 Å². The van der Waals surface area contributed by atoms with Gasteiger partial charge in [-0.3, -0.25) is 0 Å². The van der Waals surface area contributed by atoms with E-state index in [1.54, 1.807) is 24.7 Å². The summed E-state index contributed by atoms with van der Waals surface area (Å²) in [4.78, 5) is 9.19. The van der Waals surface area contributed by atoms with Crippen LogP contribution in [-0.2, 0) is 21.2 Å². The Morgan fingerprint density at radius 1 is 1.06 bits per heavy atom. The molecule has 1 unspecified atom stereocenters. The Bertz CT molecular complexity index is 2260. The van der Waals surface area contributed by atoms with E-state index in [0.717, 1.165) is 54.2 Å². The maximum absolute atomic E-state index is 16.2. The molecule has 50 heavy (non-hydrogen) atoms. The van der Waals surface area contributed by atoms with E-state index in [1.807, 2.05) is 51.1 Å². The zero-order valence-corrected chi connectivity index (χ0v) is 29.9. The number of aromatic nitrogens is 4. The molecule has 1 saturated carbocycles. The average molecular weight is 697 g/mol. The summed E-state index contributed by atoms with van der Waals surface area (Å²) in [5.41, 5.74) is 4.39. The van der Waals surface area contributed by atoms with E-state index in [0.29, 0.717) is 39.9 Å². The van der Waals surface area contributed by atoms with Gasteiger partial charge in [0.15, 0.2) is 12.0 Å². The van der Waals surface area contributed by atoms with Crippen LogP contribution < -0.4 is 9.47 Å². The van der Waals surface area contributed by atoms with Gasteiger partial charge in [0.05, 0.1) is 22.9 Å². The predicted molar refractivity (Wildman–Crippen MR) is 191 cm³/mol. The minimum Gasteiger partial charge on any atom is -0.486 e. The highest BCUT2D eigenvalue weighted by atomic mass is 32.2. The van der Waals surface area contributed by atoms with Crippen molar-refractivity contribution in [2.75, 3.05) is 12.4 Å². The third-order valence-electron chi connectivity index (χ3n) is 9.28. The van der Waals surface area contributed by atoms with Crippen LogP contribution in [0.1, 0.15) is 94.2 Å². The number of ether oxygens (including phenoxy) is 3. The first-order valence-corrected chi connectivity index (χ1v) is 18.8. The Balaban J connectivity index is 1.56. The standard InChI is InChI=1S/C39H41FN4O5S/c1-7-24-12-14-25(15-13-24)22-48-36-34(33-23(3)30(40)20-31-29(33)21-41-44(31)32-11-9-10-18-47-32)27(26-16-17-26)19-28-35(36)42-38(50(45,46)8-2)43-37(28)49-39(4,5)6/h1,12-15,19-21,26,32H,8-11,16-18,22H2,2-6H3. The minimum absolute atomic E-state index is 0.114. The first-order chi connectivity index (χ1) is 23.9. The number of nitrogens with zero attached hydrogens (tertiary/aromatic N) is 4. The molecule has 5 aromatic rings. The number of benzene rings is 3. The number of halogens is 1. The highest BCUT2D eigenvalue weighted by molar-refractivity contribution is 7.91. The fourth-order valence-electron chi connectivity index (χ4n) is 6.54. The van der Waals surface area contributed by atoms with Gasteiger partial charge in [0, 0.05) is 34.7 Å². The maximum atomic E-state index is 16.2. The molecule has 7 rings (SSSR count). The van der Waals surface area contributed by atoms with Crippen molar-refractivity contribution in [2.45, 2.75) is 96.2 Å². The third-order valence-corrected chi connectivity index (χ3v) is 10.8. The lowest BCUT2D eigenvalue weighted by Gasteiger charge is -2.25. The van der Waals surface area contributed by atoms with Crippen molar-refractivity contribution in [1.82, 2.24) is 19.7 Å². The molecule has 3 aromatic carbocycles. The second-order valence-corrected chi connectivity index (χ2v) is 16.3. The second-order valence-electron chi connectivity index (χ2n) is 14.1. The second kappa shape index (κ2) is 13.0. The van der Waals surface area contributed by atoms with Crippen molar-refractivity contribution in [1.29, 1.82) is 0 Å². The maximum Gasteiger partial charge on any atom is 0.251 e. The Labute approximate surface area is 292 Å². The van der Waals surface area contributed by atoms with Crippen molar-refractivity contribution in [2.24, 2.45) is 0 Å². The quantitative estimate of drug-likeness (QED) is 0.112. The lowest BCUT2D eigenvalue weighted by atomic mass is 9.88. The van der Waals surface area contributed by atoms with Gasteiger partial charge in [-0.1, -0.05) is 25.0 Å². The van der Waals surface area contributed by atoms with E-state index in [4.69, 9.17) is 30.7 Å². The summed E-state index contributed by atoms with van der Waals surface area (Å²) >= 11 is 0.